The third kappa shape index (κ3) is 2.60. The van der Waals surface area contributed by atoms with Crippen LogP contribution in [-0.2, 0) is 4.79 Å². The van der Waals surface area contributed by atoms with E-state index in [9.17, 15) is 4.79 Å². The maximum atomic E-state index is 11.1. The second kappa shape index (κ2) is 4.43. The van der Waals surface area contributed by atoms with Gasteiger partial charge in [0, 0.05) is 5.69 Å². The molecule has 0 heterocycles. The van der Waals surface area contributed by atoms with Crippen LogP contribution in [0.4, 0.5) is 5.69 Å². The van der Waals surface area contributed by atoms with Crippen molar-refractivity contribution in [1.29, 1.82) is 0 Å². The Hall–Kier alpha value is -1.82. The summed E-state index contributed by atoms with van der Waals surface area (Å²) < 4.78 is 0. The van der Waals surface area contributed by atoms with E-state index in [1.165, 1.54) is 0 Å². The highest BCUT2D eigenvalue weighted by Gasteiger charge is 2.05. The average molecular weight is 188 g/mol. The molecule has 0 saturated heterocycles. The first kappa shape index (κ1) is 10.3. The minimum Gasteiger partial charge on any atom is -0.319 e. The van der Waals surface area contributed by atoms with Gasteiger partial charge < -0.3 is 10.2 Å². The number of nitrogens with one attached hydrogen (secondary N) is 1. The molecule has 3 heteroatoms. The molecule has 1 rings (SSSR count). The van der Waals surface area contributed by atoms with E-state index in [2.05, 4.69) is 10.2 Å². The van der Waals surface area contributed by atoms with Crippen LogP contribution in [0.3, 0.4) is 0 Å². The lowest BCUT2D eigenvalue weighted by molar-refractivity contribution is -0.114. The van der Waals surface area contributed by atoms with Crippen LogP contribution in [0.5, 0.6) is 0 Å². The van der Waals surface area contributed by atoms with Gasteiger partial charge in [-0.05, 0) is 25.5 Å². The number of anilines is 1. The maximum absolute atomic E-state index is 11.1. The molecule has 0 fully saturated rings. The van der Waals surface area contributed by atoms with Crippen molar-refractivity contribution in [3.8, 4) is 0 Å². The summed E-state index contributed by atoms with van der Waals surface area (Å²) in [4.78, 5) is 14.1. The molecule has 14 heavy (non-hydrogen) atoms. The van der Waals surface area contributed by atoms with Crippen LogP contribution in [-0.4, -0.2) is 12.5 Å². The molecular formula is C11H12N2O. The van der Waals surface area contributed by atoms with Gasteiger partial charge in [0.05, 0.1) is 0 Å². The zero-order chi connectivity index (χ0) is 10.6. The predicted molar refractivity (Wildman–Crippen MR) is 56.0 cm³/mol. The number of aryl methyl sites for hydroxylation is 2. The summed E-state index contributed by atoms with van der Waals surface area (Å²) in [5, 5.41) is 2.69. The van der Waals surface area contributed by atoms with Gasteiger partial charge in [-0.2, -0.15) is 0 Å². The van der Waals surface area contributed by atoms with Crippen molar-refractivity contribution in [1.82, 2.24) is 0 Å². The average Bonchev–Trinajstić information content (AvgIpc) is 2.10. The molecule has 0 aliphatic rings. The molecule has 0 bridgehead atoms. The monoisotopic (exact) mass is 188 g/mol. The fourth-order valence-corrected chi connectivity index (χ4v) is 1.22. The Balaban J connectivity index is 2.78. The highest BCUT2D eigenvalue weighted by atomic mass is 16.1. The van der Waals surface area contributed by atoms with Crippen LogP contribution in [0.2, 0.25) is 0 Å². The molecule has 1 aromatic rings. The molecule has 0 saturated carbocycles. The van der Waals surface area contributed by atoms with Crippen molar-refractivity contribution in [3.05, 3.63) is 40.7 Å². The number of benzene rings is 1. The standard InChI is InChI=1S/C11H12N2O/c1-8-4-5-10(9(2)6-8)13-11(14)7-12-3/h4-6H,7H2,1-2H3,(H,13,14). The lowest BCUT2D eigenvalue weighted by Crippen LogP contribution is -2.14. The number of amides is 1. The van der Waals surface area contributed by atoms with Gasteiger partial charge in [0.1, 0.15) is 0 Å². The molecular weight excluding hydrogens is 176 g/mol. The summed E-state index contributed by atoms with van der Waals surface area (Å²) in [5.41, 5.74) is 2.96. The van der Waals surface area contributed by atoms with E-state index in [0.29, 0.717) is 0 Å². The van der Waals surface area contributed by atoms with Gasteiger partial charge in [-0.25, -0.2) is 6.57 Å². The number of rotatable bonds is 2. The van der Waals surface area contributed by atoms with Crippen molar-refractivity contribution in [2.45, 2.75) is 13.8 Å². The Bertz CT molecular complexity index is 391. The Morgan fingerprint density at radius 3 is 2.79 bits per heavy atom. The van der Waals surface area contributed by atoms with Gasteiger partial charge >= 0.3 is 5.91 Å². The van der Waals surface area contributed by atoms with E-state index in [4.69, 9.17) is 6.57 Å². The van der Waals surface area contributed by atoms with Crippen LogP contribution in [0.1, 0.15) is 11.1 Å². The van der Waals surface area contributed by atoms with E-state index >= 15 is 0 Å². The zero-order valence-corrected chi connectivity index (χ0v) is 8.29. The molecule has 0 unspecified atom stereocenters. The number of nitrogens with zero attached hydrogens (tertiary/aromatic N) is 1. The smallest absolute Gasteiger partial charge is 0.304 e. The molecule has 1 amide bonds. The van der Waals surface area contributed by atoms with Crippen LogP contribution in [0.15, 0.2) is 18.2 Å². The van der Waals surface area contributed by atoms with Crippen molar-refractivity contribution in [2.24, 2.45) is 0 Å². The van der Waals surface area contributed by atoms with E-state index in [1.54, 1.807) is 0 Å². The SMILES string of the molecule is [C-]#[N+]CC(=O)Nc1ccc(C)cc1C. The quantitative estimate of drug-likeness (QED) is 0.709. The topological polar surface area (TPSA) is 33.5 Å². The fraction of sp³-hybridized carbons (Fsp3) is 0.273. The van der Waals surface area contributed by atoms with Gasteiger partial charge in [-0.3, -0.25) is 4.79 Å². The lowest BCUT2D eigenvalue weighted by atomic mass is 10.1. The molecule has 72 valence electrons. The van der Waals surface area contributed by atoms with Gasteiger partial charge in [-0.1, -0.05) is 17.7 Å². The third-order valence-electron chi connectivity index (χ3n) is 1.88. The second-order valence-electron chi connectivity index (χ2n) is 3.18. The van der Waals surface area contributed by atoms with Crippen molar-refractivity contribution in [3.63, 3.8) is 0 Å². The van der Waals surface area contributed by atoms with E-state index in [-0.39, 0.29) is 12.5 Å². The normalized spacial score (nSPS) is 9.21. The number of carbonyl (C=O) groups excluding carboxylic acids is 1. The molecule has 0 atom stereocenters. The van der Waals surface area contributed by atoms with Gasteiger partial charge in [0.15, 0.2) is 0 Å². The van der Waals surface area contributed by atoms with E-state index in [0.717, 1.165) is 16.8 Å². The number of hydrogen-bond acceptors (Lipinski definition) is 1. The Morgan fingerprint density at radius 2 is 2.21 bits per heavy atom. The fourth-order valence-electron chi connectivity index (χ4n) is 1.22. The number of carbonyl (C=O) groups is 1. The van der Waals surface area contributed by atoms with Crippen molar-refractivity contribution < 1.29 is 4.79 Å². The predicted octanol–water partition coefficient (Wildman–Crippen LogP) is 2.16. The van der Waals surface area contributed by atoms with Crippen molar-refractivity contribution in [2.75, 3.05) is 11.9 Å². The van der Waals surface area contributed by atoms with Crippen LogP contribution in [0.25, 0.3) is 4.85 Å². The Morgan fingerprint density at radius 1 is 1.50 bits per heavy atom. The highest BCUT2D eigenvalue weighted by molar-refractivity contribution is 5.93. The first-order valence-corrected chi connectivity index (χ1v) is 4.34. The molecule has 0 aliphatic heterocycles. The lowest BCUT2D eigenvalue weighted by Gasteiger charge is -2.06. The highest BCUT2D eigenvalue weighted by Crippen LogP contribution is 2.15. The van der Waals surface area contributed by atoms with E-state index < -0.39 is 0 Å². The first-order valence-electron chi connectivity index (χ1n) is 4.34. The Labute approximate surface area is 83.6 Å². The summed E-state index contributed by atoms with van der Waals surface area (Å²) in [5.74, 6) is -0.257. The maximum Gasteiger partial charge on any atom is 0.304 e. The number of hydrogen-bond donors (Lipinski definition) is 1. The molecule has 3 nitrogen and oxygen atoms in total. The second-order valence-corrected chi connectivity index (χ2v) is 3.18. The summed E-state index contributed by atoms with van der Waals surface area (Å²) >= 11 is 0. The third-order valence-corrected chi connectivity index (χ3v) is 1.88. The van der Waals surface area contributed by atoms with Gasteiger partial charge in [0.25, 0.3) is 6.54 Å². The summed E-state index contributed by atoms with van der Waals surface area (Å²) in [7, 11) is 0. The molecule has 0 aromatic heterocycles. The summed E-state index contributed by atoms with van der Waals surface area (Å²) in [6.07, 6.45) is 0. The minimum atomic E-state index is -0.257. The van der Waals surface area contributed by atoms with Crippen LogP contribution in [0, 0.1) is 20.4 Å². The van der Waals surface area contributed by atoms with Crippen LogP contribution >= 0.6 is 0 Å². The van der Waals surface area contributed by atoms with Crippen molar-refractivity contribution >= 4 is 11.6 Å². The molecule has 0 radical (unpaired) electrons. The van der Waals surface area contributed by atoms with Crippen LogP contribution < -0.4 is 5.32 Å². The minimum absolute atomic E-state index is 0.118. The summed E-state index contributed by atoms with van der Waals surface area (Å²) in [6, 6.07) is 5.78. The van der Waals surface area contributed by atoms with Gasteiger partial charge in [-0.15, -0.1) is 0 Å². The molecule has 1 N–H and O–H groups in total. The first-order chi connectivity index (χ1) is 6.63. The Kier molecular flexibility index (Phi) is 3.24. The molecule has 0 aliphatic carbocycles. The summed E-state index contributed by atoms with van der Waals surface area (Å²) in [6.45, 7) is 10.4. The van der Waals surface area contributed by atoms with Gasteiger partial charge in [0.2, 0.25) is 0 Å². The molecule has 0 spiro atoms. The largest absolute Gasteiger partial charge is 0.319 e. The van der Waals surface area contributed by atoms with E-state index in [1.807, 2.05) is 32.0 Å². The zero-order valence-electron chi connectivity index (χ0n) is 8.29. The molecule has 1 aromatic carbocycles.